The minimum atomic E-state index is 0.0662. The van der Waals surface area contributed by atoms with Gasteiger partial charge in [-0.05, 0) is 49.8 Å². The number of nitrogens with two attached hydrogens (primary N) is 1. The van der Waals surface area contributed by atoms with Gasteiger partial charge in [-0.3, -0.25) is 4.79 Å². The Kier molecular flexibility index (Phi) is 6.24. The molecule has 3 heteroatoms. The molecular weight excluding hydrogens is 260 g/mol. The summed E-state index contributed by atoms with van der Waals surface area (Å²) in [5.74, 6) is 0.714. The van der Waals surface area contributed by atoms with Gasteiger partial charge in [-0.15, -0.1) is 0 Å². The van der Waals surface area contributed by atoms with Crippen LogP contribution in [0.25, 0.3) is 0 Å². The second-order valence-corrected chi connectivity index (χ2v) is 6.08. The van der Waals surface area contributed by atoms with Gasteiger partial charge in [0.15, 0.2) is 0 Å². The zero-order valence-corrected chi connectivity index (χ0v) is 13.1. The first-order chi connectivity index (χ1) is 10.3. The average molecular weight is 288 g/mol. The summed E-state index contributed by atoms with van der Waals surface area (Å²) < 4.78 is 0. The van der Waals surface area contributed by atoms with Crippen LogP contribution in [0.5, 0.6) is 0 Å². The monoisotopic (exact) mass is 288 g/mol. The predicted octanol–water partition coefficient (Wildman–Crippen LogP) is 3.28. The second kappa shape index (κ2) is 8.18. The van der Waals surface area contributed by atoms with Crippen LogP contribution in [0, 0.1) is 5.92 Å². The van der Waals surface area contributed by atoms with Crippen LogP contribution in [0.2, 0.25) is 0 Å². The molecular formula is C18H28N2O. The molecule has 1 saturated carbocycles. The Labute approximate surface area is 128 Å². The number of hydrogen-bond acceptors (Lipinski definition) is 2. The van der Waals surface area contributed by atoms with Gasteiger partial charge in [0.1, 0.15) is 0 Å². The molecule has 0 radical (unpaired) electrons. The van der Waals surface area contributed by atoms with Crippen molar-refractivity contribution in [3.63, 3.8) is 0 Å². The highest BCUT2D eigenvalue weighted by Crippen LogP contribution is 2.28. The van der Waals surface area contributed by atoms with Gasteiger partial charge in [-0.25, -0.2) is 0 Å². The number of amides is 1. The normalized spacial score (nSPS) is 17.4. The molecule has 1 aromatic rings. The molecule has 3 N–H and O–H groups in total. The van der Waals surface area contributed by atoms with Crippen LogP contribution in [0.15, 0.2) is 24.3 Å². The second-order valence-electron chi connectivity index (χ2n) is 6.08. The molecule has 2 rings (SSSR count). The molecule has 1 atom stereocenters. The van der Waals surface area contributed by atoms with Crippen LogP contribution >= 0.6 is 0 Å². The summed E-state index contributed by atoms with van der Waals surface area (Å²) in [5, 5.41) is 3.27. The van der Waals surface area contributed by atoms with Crippen LogP contribution in [-0.2, 0) is 6.42 Å². The minimum Gasteiger partial charge on any atom is -0.349 e. The third-order valence-electron chi connectivity index (χ3n) is 4.65. The summed E-state index contributed by atoms with van der Waals surface area (Å²) in [6.07, 6.45) is 8.23. The van der Waals surface area contributed by atoms with Gasteiger partial charge in [0.25, 0.3) is 5.91 Å². The average Bonchev–Trinajstić information content (AvgIpc) is 2.54. The highest BCUT2D eigenvalue weighted by Gasteiger charge is 2.24. The number of rotatable bonds is 6. The van der Waals surface area contributed by atoms with E-state index >= 15 is 0 Å². The maximum atomic E-state index is 12.6. The van der Waals surface area contributed by atoms with Crippen molar-refractivity contribution in [2.45, 2.75) is 57.9 Å². The standard InChI is InChI=1S/C18H28N2O/c1-2-17(15-9-4-3-5-10-15)20-18(21)16-11-7-6-8-14(16)12-13-19/h6-8,11,15,17H,2-5,9-10,12-13,19H2,1H3,(H,20,21). The Morgan fingerprint density at radius 3 is 2.67 bits per heavy atom. The van der Waals surface area contributed by atoms with Gasteiger partial charge in [-0.1, -0.05) is 44.4 Å². The summed E-state index contributed by atoms with van der Waals surface area (Å²) in [6.45, 7) is 2.75. The lowest BCUT2D eigenvalue weighted by atomic mass is 9.83. The third kappa shape index (κ3) is 4.31. The Hall–Kier alpha value is -1.35. The molecule has 0 heterocycles. The lowest BCUT2D eigenvalue weighted by Gasteiger charge is -2.30. The Balaban J connectivity index is 2.05. The fourth-order valence-electron chi connectivity index (χ4n) is 3.45. The highest BCUT2D eigenvalue weighted by molar-refractivity contribution is 5.95. The van der Waals surface area contributed by atoms with Gasteiger partial charge in [0, 0.05) is 11.6 Å². The van der Waals surface area contributed by atoms with Crippen molar-refractivity contribution in [3.8, 4) is 0 Å². The fourth-order valence-corrected chi connectivity index (χ4v) is 3.45. The number of nitrogens with one attached hydrogen (secondary N) is 1. The van der Waals surface area contributed by atoms with E-state index in [0.29, 0.717) is 18.5 Å². The highest BCUT2D eigenvalue weighted by atomic mass is 16.1. The van der Waals surface area contributed by atoms with Crippen LogP contribution in [0.4, 0.5) is 0 Å². The molecule has 3 nitrogen and oxygen atoms in total. The van der Waals surface area contributed by atoms with Gasteiger partial charge in [-0.2, -0.15) is 0 Å². The maximum Gasteiger partial charge on any atom is 0.251 e. The molecule has 116 valence electrons. The van der Waals surface area contributed by atoms with E-state index in [2.05, 4.69) is 12.2 Å². The van der Waals surface area contributed by atoms with Gasteiger partial charge in [0.2, 0.25) is 0 Å². The topological polar surface area (TPSA) is 55.1 Å². The molecule has 21 heavy (non-hydrogen) atoms. The fraction of sp³-hybridized carbons (Fsp3) is 0.611. The van der Waals surface area contributed by atoms with E-state index in [-0.39, 0.29) is 5.91 Å². The summed E-state index contributed by atoms with van der Waals surface area (Å²) in [6, 6.07) is 8.12. The van der Waals surface area contributed by atoms with Crippen molar-refractivity contribution in [2.24, 2.45) is 11.7 Å². The molecule has 1 amide bonds. The zero-order valence-electron chi connectivity index (χ0n) is 13.1. The number of carbonyl (C=O) groups excluding carboxylic acids is 1. The molecule has 1 unspecified atom stereocenters. The molecule has 1 fully saturated rings. The van der Waals surface area contributed by atoms with Crippen molar-refractivity contribution >= 4 is 5.91 Å². The minimum absolute atomic E-state index is 0.0662. The van der Waals surface area contributed by atoms with E-state index in [1.165, 1.54) is 32.1 Å². The summed E-state index contributed by atoms with van der Waals surface area (Å²) in [5.41, 5.74) is 7.48. The number of carbonyl (C=O) groups is 1. The van der Waals surface area contributed by atoms with Gasteiger partial charge < -0.3 is 11.1 Å². The summed E-state index contributed by atoms with van der Waals surface area (Å²) in [7, 11) is 0. The Morgan fingerprint density at radius 1 is 1.29 bits per heavy atom. The SMILES string of the molecule is CCC(NC(=O)c1ccccc1CCN)C1CCCCC1. The lowest BCUT2D eigenvalue weighted by molar-refractivity contribution is 0.0910. The van der Waals surface area contributed by atoms with Crippen LogP contribution in [-0.4, -0.2) is 18.5 Å². The summed E-state index contributed by atoms with van der Waals surface area (Å²) in [4.78, 5) is 12.6. The Morgan fingerprint density at radius 2 is 2.00 bits per heavy atom. The van der Waals surface area contributed by atoms with E-state index in [9.17, 15) is 4.79 Å². The largest absolute Gasteiger partial charge is 0.349 e. The predicted molar refractivity (Wildman–Crippen MR) is 87.3 cm³/mol. The lowest BCUT2D eigenvalue weighted by Crippen LogP contribution is -2.41. The number of benzene rings is 1. The van der Waals surface area contributed by atoms with E-state index in [1.54, 1.807) is 0 Å². The zero-order chi connectivity index (χ0) is 15.1. The van der Waals surface area contributed by atoms with Crippen LogP contribution < -0.4 is 11.1 Å². The van der Waals surface area contributed by atoms with Crippen molar-refractivity contribution in [2.75, 3.05) is 6.54 Å². The first-order valence-electron chi connectivity index (χ1n) is 8.35. The van der Waals surface area contributed by atoms with E-state index in [4.69, 9.17) is 5.73 Å². The smallest absolute Gasteiger partial charge is 0.251 e. The van der Waals surface area contributed by atoms with Gasteiger partial charge >= 0.3 is 0 Å². The molecule has 0 saturated heterocycles. The first-order valence-corrected chi connectivity index (χ1v) is 8.35. The van der Waals surface area contributed by atoms with Crippen molar-refractivity contribution in [1.82, 2.24) is 5.32 Å². The quantitative estimate of drug-likeness (QED) is 0.844. The summed E-state index contributed by atoms with van der Waals surface area (Å²) >= 11 is 0. The molecule has 1 aliphatic rings. The molecule has 0 spiro atoms. The molecule has 0 bridgehead atoms. The van der Waals surface area contributed by atoms with Crippen LogP contribution in [0.1, 0.15) is 61.4 Å². The number of hydrogen-bond donors (Lipinski definition) is 2. The van der Waals surface area contributed by atoms with Crippen molar-refractivity contribution in [3.05, 3.63) is 35.4 Å². The van der Waals surface area contributed by atoms with Crippen LogP contribution in [0.3, 0.4) is 0 Å². The van der Waals surface area contributed by atoms with E-state index in [0.717, 1.165) is 24.0 Å². The first kappa shape index (κ1) is 16.0. The maximum absolute atomic E-state index is 12.6. The van der Waals surface area contributed by atoms with Crippen molar-refractivity contribution in [1.29, 1.82) is 0 Å². The van der Waals surface area contributed by atoms with E-state index < -0.39 is 0 Å². The Bertz CT molecular complexity index is 452. The molecule has 0 aliphatic heterocycles. The third-order valence-corrected chi connectivity index (χ3v) is 4.65. The molecule has 1 aliphatic carbocycles. The molecule has 1 aromatic carbocycles. The van der Waals surface area contributed by atoms with Crippen molar-refractivity contribution < 1.29 is 4.79 Å². The van der Waals surface area contributed by atoms with Gasteiger partial charge in [0.05, 0.1) is 0 Å². The van der Waals surface area contributed by atoms with E-state index in [1.807, 2.05) is 24.3 Å². The molecule has 0 aromatic heterocycles.